The zero-order valence-electron chi connectivity index (χ0n) is 10.4. The molecule has 0 saturated carbocycles. The van der Waals surface area contributed by atoms with E-state index in [1.54, 1.807) is 0 Å². The average Bonchev–Trinajstić information content (AvgIpc) is 2.03. The van der Waals surface area contributed by atoms with Crippen LogP contribution in [0.2, 0.25) is 0 Å². The summed E-state index contributed by atoms with van der Waals surface area (Å²) in [6, 6.07) is 0. The van der Waals surface area contributed by atoms with Crippen molar-refractivity contribution in [1.82, 2.24) is 0 Å². The molecule has 0 nitrogen and oxygen atoms in total. The highest BCUT2D eigenvalue weighted by molar-refractivity contribution is 5.15. The molecule has 0 aliphatic heterocycles. The summed E-state index contributed by atoms with van der Waals surface area (Å²) in [6.07, 6.45) is 8.53. The second kappa shape index (κ2) is 5.85. The Bertz CT molecular complexity index is 239. The van der Waals surface area contributed by atoms with Gasteiger partial charge in [-0.3, -0.25) is 0 Å². The molecule has 0 atom stereocenters. The minimum Gasteiger partial charge on any atom is -0.103 e. The van der Waals surface area contributed by atoms with Crippen LogP contribution in [-0.2, 0) is 0 Å². The summed E-state index contributed by atoms with van der Waals surface area (Å²) in [5.41, 5.74) is 3.23. The zero-order valence-corrected chi connectivity index (χ0v) is 10.4. The maximum absolute atomic E-state index is 3.77. The lowest BCUT2D eigenvalue weighted by molar-refractivity contribution is 0.472. The van der Waals surface area contributed by atoms with Crippen LogP contribution in [-0.4, -0.2) is 0 Å². The van der Waals surface area contributed by atoms with Crippen LogP contribution in [0.1, 0.15) is 47.5 Å². The van der Waals surface area contributed by atoms with Crippen molar-refractivity contribution < 1.29 is 0 Å². The quantitative estimate of drug-likeness (QED) is 0.544. The molecule has 0 aliphatic carbocycles. The van der Waals surface area contributed by atoms with E-state index >= 15 is 0 Å². The van der Waals surface area contributed by atoms with Crippen molar-refractivity contribution >= 4 is 0 Å². The Kier molecular flexibility index (Phi) is 5.52. The molecule has 0 spiro atoms. The van der Waals surface area contributed by atoms with Crippen LogP contribution in [0.15, 0.2) is 36.0 Å². The molecule has 0 aromatic carbocycles. The van der Waals surface area contributed by atoms with Crippen molar-refractivity contribution in [2.24, 2.45) is 5.41 Å². The molecule has 0 aromatic rings. The van der Waals surface area contributed by atoms with E-state index < -0.39 is 0 Å². The van der Waals surface area contributed by atoms with Crippen molar-refractivity contribution in [3.05, 3.63) is 36.0 Å². The third-order valence-corrected chi connectivity index (χ3v) is 2.52. The van der Waals surface area contributed by atoms with Gasteiger partial charge in [0.2, 0.25) is 0 Å². The highest BCUT2D eigenvalue weighted by atomic mass is 14.2. The molecule has 0 radical (unpaired) electrons. The van der Waals surface area contributed by atoms with E-state index in [2.05, 4.69) is 53.3 Å². The van der Waals surface area contributed by atoms with E-state index in [-0.39, 0.29) is 5.41 Å². The van der Waals surface area contributed by atoms with Gasteiger partial charge in [-0.15, -0.1) is 6.58 Å². The molecule has 0 aliphatic rings. The van der Waals surface area contributed by atoms with Gasteiger partial charge in [0, 0.05) is 0 Å². The van der Waals surface area contributed by atoms with Crippen LogP contribution in [0.5, 0.6) is 0 Å². The van der Waals surface area contributed by atoms with E-state index in [0.29, 0.717) is 0 Å². The van der Waals surface area contributed by atoms with Crippen LogP contribution in [0, 0.1) is 5.41 Å². The number of rotatable bonds is 5. The largest absolute Gasteiger partial charge is 0.103 e. The molecule has 0 unspecified atom stereocenters. The number of hydrogen-bond acceptors (Lipinski definition) is 0. The first kappa shape index (κ1) is 13.2. The third kappa shape index (κ3) is 5.06. The fraction of sp³-hybridized carbons (Fsp3) is 0.571. The second-order valence-electron chi connectivity index (χ2n) is 4.72. The summed E-state index contributed by atoms with van der Waals surface area (Å²) in [6.45, 7) is 14.8. The third-order valence-electron chi connectivity index (χ3n) is 2.52. The van der Waals surface area contributed by atoms with Gasteiger partial charge in [0.25, 0.3) is 0 Å². The molecule has 0 amide bonds. The minimum absolute atomic E-state index is 0.279. The van der Waals surface area contributed by atoms with Crippen LogP contribution in [0.4, 0.5) is 0 Å². The van der Waals surface area contributed by atoms with Gasteiger partial charge >= 0.3 is 0 Å². The summed E-state index contributed by atoms with van der Waals surface area (Å²) in [7, 11) is 0. The van der Waals surface area contributed by atoms with E-state index in [1.807, 2.05) is 6.08 Å². The molecule has 0 rings (SSSR count). The molecule has 0 bridgehead atoms. The summed E-state index contributed by atoms with van der Waals surface area (Å²) < 4.78 is 0. The first-order valence-electron chi connectivity index (χ1n) is 5.33. The fourth-order valence-electron chi connectivity index (χ4n) is 1.74. The summed E-state index contributed by atoms with van der Waals surface area (Å²) in [5, 5.41) is 0. The van der Waals surface area contributed by atoms with Crippen molar-refractivity contribution in [2.45, 2.75) is 47.5 Å². The van der Waals surface area contributed by atoms with Gasteiger partial charge in [-0.2, -0.15) is 0 Å². The Hall–Kier alpha value is -0.780. The van der Waals surface area contributed by atoms with E-state index in [9.17, 15) is 0 Å². The van der Waals surface area contributed by atoms with Crippen molar-refractivity contribution in [3.63, 3.8) is 0 Å². The standard InChI is InChI=1S/C14H24/c1-7-9-12(3)13(4)11-14(5,6)10-8-2/h7-8,10H,1,9,11H2,2-6H3. The van der Waals surface area contributed by atoms with E-state index in [4.69, 9.17) is 0 Å². The van der Waals surface area contributed by atoms with E-state index in [1.165, 1.54) is 11.1 Å². The van der Waals surface area contributed by atoms with Crippen LogP contribution < -0.4 is 0 Å². The first-order valence-corrected chi connectivity index (χ1v) is 5.33. The predicted molar refractivity (Wildman–Crippen MR) is 66.4 cm³/mol. The molecule has 14 heavy (non-hydrogen) atoms. The van der Waals surface area contributed by atoms with Gasteiger partial charge in [-0.25, -0.2) is 0 Å². The first-order chi connectivity index (χ1) is 6.43. The molecule has 0 saturated heterocycles. The zero-order chi connectivity index (χ0) is 11.2. The second-order valence-corrected chi connectivity index (χ2v) is 4.72. The molecule has 0 N–H and O–H groups in total. The number of hydrogen-bond donors (Lipinski definition) is 0. The van der Waals surface area contributed by atoms with Gasteiger partial charge < -0.3 is 0 Å². The molecule has 0 heterocycles. The molecule has 0 heteroatoms. The Morgan fingerprint density at radius 3 is 2.21 bits per heavy atom. The van der Waals surface area contributed by atoms with Crippen LogP contribution >= 0.6 is 0 Å². The maximum Gasteiger partial charge on any atom is -0.0138 e. The van der Waals surface area contributed by atoms with Crippen molar-refractivity contribution in [1.29, 1.82) is 0 Å². The predicted octanol–water partition coefficient (Wildman–Crippen LogP) is 4.89. The smallest absolute Gasteiger partial charge is 0.0138 e. The normalized spacial score (nSPS) is 14.4. The average molecular weight is 192 g/mol. The minimum atomic E-state index is 0.279. The molecule has 0 fully saturated rings. The lowest BCUT2D eigenvalue weighted by Gasteiger charge is -2.21. The van der Waals surface area contributed by atoms with E-state index in [0.717, 1.165) is 12.8 Å². The molecular weight excluding hydrogens is 168 g/mol. The van der Waals surface area contributed by atoms with Crippen LogP contribution in [0.3, 0.4) is 0 Å². The lowest BCUT2D eigenvalue weighted by Crippen LogP contribution is -2.08. The topological polar surface area (TPSA) is 0 Å². The van der Waals surface area contributed by atoms with Crippen LogP contribution in [0.25, 0.3) is 0 Å². The highest BCUT2D eigenvalue weighted by Gasteiger charge is 2.14. The molecule has 80 valence electrons. The molecule has 0 aromatic heterocycles. The summed E-state index contributed by atoms with van der Waals surface area (Å²) in [5.74, 6) is 0. The molecular formula is C14H24. The SMILES string of the molecule is C=CCC(C)=C(C)CC(C)(C)C=CC. The van der Waals surface area contributed by atoms with Crippen molar-refractivity contribution in [3.8, 4) is 0 Å². The Labute approximate surface area is 89.4 Å². The maximum atomic E-state index is 3.77. The summed E-state index contributed by atoms with van der Waals surface area (Å²) >= 11 is 0. The Morgan fingerprint density at radius 1 is 1.21 bits per heavy atom. The fourth-order valence-corrected chi connectivity index (χ4v) is 1.74. The lowest BCUT2D eigenvalue weighted by atomic mass is 9.84. The van der Waals surface area contributed by atoms with Gasteiger partial charge in [-0.05, 0) is 39.0 Å². The Morgan fingerprint density at radius 2 is 1.79 bits per heavy atom. The van der Waals surface area contributed by atoms with Gasteiger partial charge in [0.15, 0.2) is 0 Å². The van der Waals surface area contributed by atoms with Gasteiger partial charge in [0.05, 0.1) is 0 Å². The van der Waals surface area contributed by atoms with Crippen molar-refractivity contribution in [2.75, 3.05) is 0 Å². The van der Waals surface area contributed by atoms with Gasteiger partial charge in [0.1, 0.15) is 0 Å². The number of allylic oxidation sites excluding steroid dienone is 5. The monoisotopic (exact) mass is 192 g/mol. The van der Waals surface area contributed by atoms with Gasteiger partial charge in [-0.1, -0.05) is 43.2 Å². The highest BCUT2D eigenvalue weighted by Crippen LogP contribution is 2.28. The summed E-state index contributed by atoms with van der Waals surface area (Å²) in [4.78, 5) is 0. The Balaban J connectivity index is 4.50.